The summed E-state index contributed by atoms with van der Waals surface area (Å²) in [5.74, 6) is 0. The summed E-state index contributed by atoms with van der Waals surface area (Å²) in [7, 11) is 0. The largest absolute Gasteiger partial charge is 2.00 e. The van der Waals surface area contributed by atoms with Gasteiger partial charge in [0, 0.05) is 13.8 Å². The maximum absolute atomic E-state index is 8.68. The summed E-state index contributed by atoms with van der Waals surface area (Å²) in [6.07, 6.45) is 3.00. The molecule has 0 saturated carbocycles. The van der Waals surface area contributed by atoms with Gasteiger partial charge in [-0.3, -0.25) is 9.59 Å². The number of carbonyl (C=O) groups excluding carboxylic acids is 2. The van der Waals surface area contributed by atoms with Crippen LogP contribution >= 0.6 is 0 Å². The molecule has 0 bridgehead atoms. The molecule has 0 fully saturated rings. The summed E-state index contributed by atoms with van der Waals surface area (Å²) in [6.45, 7) is 2.64. The van der Waals surface area contributed by atoms with Crippen molar-refractivity contribution in [3.63, 3.8) is 0 Å². The van der Waals surface area contributed by atoms with E-state index in [1.165, 1.54) is 26.4 Å². The predicted molar refractivity (Wildman–Crippen MR) is 22.7 cm³/mol. The molecule has 2 radical (unpaired) electrons. The summed E-state index contributed by atoms with van der Waals surface area (Å²) < 4.78 is 0. The Morgan fingerprint density at radius 1 is 0.889 bits per heavy atom. The predicted octanol–water partition coefficient (Wildman–Crippen LogP) is -5.76. The molecule has 0 N–H and O–H groups in total. The minimum absolute atomic E-state index is 0. The van der Waals surface area contributed by atoms with Crippen LogP contribution in [0.15, 0.2) is 0 Å². The van der Waals surface area contributed by atoms with E-state index in [4.69, 9.17) is 9.59 Å². The van der Waals surface area contributed by atoms with Crippen molar-refractivity contribution in [2.24, 2.45) is 0 Å². The molecule has 58 valence electrons. The summed E-state index contributed by atoms with van der Waals surface area (Å²) in [6, 6.07) is 0. The van der Waals surface area contributed by atoms with Crippen LogP contribution in [0.3, 0.4) is 0 Å². The molecule has 0 heterocycles. The first-order valence-electron chi connectivity index (χ1n) is 1.41. The second kappa shape index (κ2) is 73.2. The molecule has 0 aromatic carbocycles. The van der Waals surface area contributed by atoms with Crippen LogP contribution in [-0.4, -0.2) is 12.6 Å². The van der Waals surface area contributed by atoms with Crippen LogP contribution in [-0.2, 0) is 30.7 Å². The molecule has 0 aliphatic heterocycles. The number of halogens is 2. The van der Waals surface area contributed by atoms with Crippen LogP contribution in [0.2, 0.25) is 0 Å². The van der Waals surface area contributed by atoms with Gasteiger partial charge in [0.1, 0.15) is 0 Å². The van der Waals surface area contributed by atoms with E-state index in [1.807, 2.05) is 0 Å². The van der Waals surface area contributed by atoms with E-state index in [9.17, 15) is 0 Å². The van der Waals surface area contributed by atoms with E-state index >= 15 is 0 Å². The molecule has 0 aliphatic carbocycles. The van der Waals surface area contributed by atoms with Crippen LogP contribution in [0.5, 0.6) is 0 Å². The van der Waals surface area contributed by atoms with Gasteiger partial charge in [-0.2, -0.15) is 0 Å². The van der Waals surface area contributed by atoms with Gasteiger partial charge in [-0.05, 0) is 0 Å². The first-order chi connectivity index (χ1) is 2.83. The molecule has 0 spiro atoms. The van der Waals surface area contributed by atoms with Gasteiger partial charge in [-0.15, -0.1) is 0 Å². The molecule has 0 unspecified atom stereocenters. The van der Waals surface area contributed by atoms with E-state index in [1.54, 1.807) is 0 Å². The Kier molecular flexibility index (Phi) is 273. The molecule has 2 nitrogen and oxygen atoms in total. The third-order valence-electron chi connectivity index (χ3n) is 0. The zero-order chi connectivity index (χ0) is 5.41. The standard InChI is InChI=1S/2C2H3O.2ClH.Pt/c2*1-2-3;;;/h2*1H3;2*1H;/q;;;;+2/p-2. The van der Waals surface area contributed by atoms with E-state index in [0.717, 1.165) is 0 Å². The Balaban J connectivity index is -0.00000000889. The van der Waals surface area contributed by atoms with Crippen molar-refractivity contribution < 1.29 is 55.5 Å². The Morgan fingerprint density at radius 3 is 0.889 bits per heavy atom. The van der Waals surface area contributed by atoms with Gasteiger partial charge >= 0.3 is 21.1 Å². The van der Waals surface area contributed by atoms with Crippen molar-refractivity contribution in [3.05, 3.63) is 0 Å². The summed E-state index contributed by atoms with van der Waals surface area (Å²) in [4.78, 5) is 17.4. The molecule has 5 heteroatoms. The number of hydrogen-bond acceptors (Lipinski definition) is 2. The first-order valence-corrected chi connectivity index (χ1v) is 1.41. The molecule has 0 rings (SSSR count). The molecular weight excluding hydrogens is 346 g/mol. The Hall–Kier alpha value is 0.608. The number of rotatable bonds is 0. The molecule has 0 amide bonds. The molecule has 0 aromatic rings. The second-order valence-electron chi connectivity index (χ2n) is 0.408. The van der Waals surface area contributed by atoms with Crippen molar-refractivity contribution in [3.8, 4) is 0 Å². The number of hydrogen-bond donors (Lipinski definition) is 0. The second-order valence-corrected chi connectivity index (χ2v) is 0.408. The fraction of sp³-hybridized carbons (Fsp3) is 0.500. The maximum Gasteiger partial charge on any atom is 2.00 e. The summed E-state index contributed by atoms with van der Waals surface area (Å²) in [5, 5.41) is 0. The summed E-state index contributed by atoms with van der Waals surface area (Å²) >= 11 is 0. The van der Waals surface area contributed by atoms with Crippen LogP contribution in [0, 0.1) is 0 Å². The van der Waals surface area contributed by atoms with Gasteiger partial charge in [-0.1, -0.05) is 0 Å². The van der Waals surface area contributed by atoms with Gasteiger partial charge in [0.2, 0.25) is 0 Å². The van der Waals surface area contributed by atoms with Crippen LogP contribution < -0.4 is 24.8 Å². The minimum atomic E-state index is 0. The van der Waals surface area contributed by atoms with Gasteiger partial charge in [0.05, 0.1) is 0 Å². The normalized spacial score (nSPS) is 2.89. The average molecular weight is 352 g/mol. The zero-order valence-corrected chi connectivity index (χ0v) is 8.67. The molecule has 9 heavy (non-hydrogen) atoms. The maximum atomic E-state index is 8.68. The fourth-order valence-corrected chi connectivity index (χ4v) is 0. The van der Waals surface area contributed by atoms with Crippen molar-refractivity contribution >= 4 is 12.6 Å². The van der Waals surface area contributed by atoms with Crippen molar-refractivity contribution in [2.45, 2.75) is 13.8 Å². The zero-order valence-electron chi connectivity index (χ0n) is 4.89. The monoisotopic (exact) mass is 351 g/mol. The first kappa shape index (κ1) is 33.5. The van der Waals surface area contributed by atoms with Crippen molar-refractivity contribution in [2.75, 3.05) is 0 Å². The fourth-order valence-electron chi connectivity index (χ4n) is 0. The topological polar surface area (TPSA) is 34.1 Å². The average Bonchev–Trinajstić information content (AvgIpc) is 1.39. The van der Waals surface area contributed by atoms with Crippen molar-refractivity contribution in [1.29, 1.82) is 0 Å². The van der Waals surface area contributed by atoms with E-state index < -0.39 is 0 Å². The van der Waals surface area contributed by atoms with E-state index in [-0.39, 0.29) is 45.9 Å². The van der Waals surface area contributed by atoms with E-state index in [0.29, 0.717) is 0 Å². The summed E-state index contributed by atoms with van der Waals surface area (Å²) in [5.41, 5.74) is 0. The van der Waals surface area contributed by atoms with Gasteiger partial charge in [-0.25, -0.2) is 0 Å². The minimum Gasteiger partial charge on any atom is -1.00 e. The third-order valence-corrected chi connectivity index (χ3v) is 0. The smallest absolute Gasteiger partial charge is 1.00 e. The van der Waals surface area contributed by atoms with Gasteiger partial charge in [0.25, 0.3) is 0 Å². The van der Waals surface area contributed by atoms with Crippen LogP contribution in [0.4, 0.5) is 0 Å². The Labute approximate surface area is 81.9 Å². The third kappa shape index (κ3) is 1020. The molecule has 0 aliphatic rings. The Morgan fingerprint density at radius 2 is 0.889 bits per heavy atom. The van der Waals surface area contributed by atoms with Gasteiger partial charge in [0.15, 0.2) is 12.6 Å². The van der Waals surface area contributed by atoms with Gasteiger partial charge < -0.3 is 24.8 Å². The quantitative estimate of drug-likeness (QED) is 0.436. The molecule has 0 aromatic heterocycles. The Bertz CT molecular complexity index is 37.5. The van der Waals surface area contributed by atoms with Crippen LogP contribution in [0.1, 0.15) is 13.8 Å². The van der Waals surface area contributed by atoms with Crippen LogP contribution in [0.25, 0.3) is 0 Å². The molecular formula is C4H6Cl2O2Pt. The van der Waals surface area contributed by atoms with E-state index in [2.05, 4.69) is 0 Å². The molecule has 0 atom stereocenters. The molecule has 0 saturated heterocycles. The SMILES string of the molecule is C[C]=O.C[C]=O.[Cl-].[Cl-].[Pt+2]. The van der Waals surface area contributed by atoms with Crippen molar-refractivity contribution in [1.82, 2.24) is 0 Å².